The van der Waals surface area contributed by atoms with Crippen LogP contribution >= 0.6 is 23.2 Å². The van der Waals surface area contributed by atoms with Gasteiger partial charge in [-0.15, -0.1) is 0 Å². The van der Waals surface area contributed by atoms with Crippen molar-refractivity contribution in [1.29, 1.82) is 0 Å². The Hall–Kier alpha value is -0.240. The van der Waals surface area contributed by atoms with Crippen molar-refractivity contribution in [3.05, 3.63) is 33.8 Å². The van der Waals surface area contributed by atoms with Crippen LogP contribution in [0.2, 0.25) is 10.0 Å². The van der Waals surface area contributed by atoms with Gasteiger partial charge in [0.05, 0.1) is 10.0 Å². The summed E-state index contributed by atoms with van der Waals surface area (Å²) in [6, 6.07) is 6.60. The maximum Gasteiger partial charge on any atom is 0.0595 e. The summed E-state index contributed by atoms with van der Waals surface area (Å²) in [5.41, 5.74) is 1.28. The number of benzene rings is 1. The van der Waals surface area contributed by atoms with Gasteiger partial charge in [-0.3, -0.25) is 0 Å². The van der Waals surface area contributed by atoms with Crippen LogP contribution in [-0.4, -0.2) is 12.6 Å². The van der Waals surface area contributed by atoms with Crippen LogP contribution in [0.15, 0.2) is 18.2 Å². The van der Waals surface area contributed by atoms with E-state index in [9.17, 15) is 0 Å². The molecule has 0 aliphatic carbocycles. The molecule has 1 unspecified atom stereocenters. The van der Waals surface area contributed by atoms with Gasteiger partial charge in [-0.2, -0.15) is 0 Å². The quantitative estimate of drug-likeness (QED) is 0.636. The van der Waals surface area contributed by atoms with Gasteiger partial charge in [0, 0.05) is 6.04 Å². The number of aryl methyl sites for hydroxylation is 1. The Labute approximate surface area is 127 Å². The van der Waals surface area contributed by atoms with Gasteiger partial charge in [0.2, 0.25) is 0 Å². The lowest BCUT2D eigenvalue weighted by Crippen LogP contribution is -2.29. The van der Waals surface area contributed by atoms with E-state index in [0.29, 0.717) is 16.1 Å². The van der Waals surface area contributed by atoms with Gasteiger partial charge in [-0.25, -0.2) is 0 Å². The predicted octanol–water partition coefficient (Wildman–Crippen LogP) is 5.48. The van der Waals surface area contributed by atoms with E-state index in [1.165, 1.54) is 37.7 Å². The Balaban J connectivity index is 2.35. The van der Waals surface area contributed by atoms with Crippen LogP contribution in [0.25, 0.3) is 0 Å². The summed E-state index contributed by atoms with van der Waals surface area (Å²) >= 11 is 12.0. The zero-order valence-corrected chi connectivity index (χ0v) is 13.5. The van der Waals surface area contributed by atoms with Gasteiger partial charge in [0.1, 0.15) is 0 Å². The molecule has 0 aliphatic heterocycles. The minimum atomic E-state index is 0.638. The smallest absolute Gasteiger partial charge is 0.0595 e. The SMILES string of the molecule is CCCNC(CCC)CCCc1ccc(Cl)c(Cl)c1. The summed E-state index contributed by atoms with van der Waals surface area (Å²) < 4.78 is 0. The van der Waals surface area contributed by atoms with E-state index in [1.54, 1.807) is 0 Å². The first kappa shape index (κ1) is 16.8. The highest BCUT2D eigenvalue weighted by atomic mass is 35.5. The molecule has 1 aromatic carbocycles. The fourth-order valence-electron chi connectivity index (χ4n) is 2.29. The van der Waals surface area contributed by atoms with Gasteiger partial charge >= 0.3 is 0 Å². The van der Waals surface area contributed by atoms with Gasteiger partial charge in [0.15, 0.2) is 0 Å². The predicted molar refractivity (Wildman–Crippen MR) is 86.4 cm³/mol. The van der Waals surface area contributed by atoms with Crippen molar-refractivity contribution in [2.24, 2.45) is 0 Å². The third-order valence-electron chi connectivity index (χ3n) is 3.32. The minimum absolute atomic E-state index is 0.638. The number of halogens is 2. The van der Waals surface area contributed by atoms with Crippen LogP contribution in [-0.2, 0) is 6.42 Å². The van der Waals surface area contributed by atoms with E-state index in [1.807, 2.05) is 12.1 Å². The maximum absolute atomic E-state index is 6.03. The first-order valence-electron chi connectivity index (χ1n) is 7.34. The molecule has 0 bridgehead atoms. The van der Waals surface area contributed by atoms with E-state index in [2.05, 4.69) is 25.2 Å². The van der Waals surface area contributed by atoms with Gasteiger partial charge in [-0.05, 0) is 56.3 Å². The monoisotopic (exact) mass is 301 g/mol. The Morgan fingerprint density at radius 2 is 1.84 bits per heavy atom. The topological polar surface area (TPSA) is 12.0 Å². The Morgan fingerprint density at radius 1 is 1.05 bits per heavy atom. The van der Waals surface area contributed by atoms with E-state index < -0.39 is 0 Å². The Bertz CT molecular complexity index is 366. The summed E-state index contributed by atoms with van der Waals surface area (Å²) in [5.74, 6) is 0. The third kappa shape index (κ3) is 6.65. The largest absolute Gasteiger partial charge is 0.314 e. The van der Waals surface area contributed by atoms with Crippen molar-refractivity contribution in [2.45, 2.75) is 58.4 Å². The Kier molecular flexibility index (Phi) is 8.52. The molecular formula is C16H25Cl2N. The standard InChI is InChI=1S/C16H25Cl2N/c1-3-6-14(19-11-4-2)8-5-7-13-9-10-15(17)16(18)12-13/h9-10,12,14,19H,3-8,11H2,1-2H3. The highest BCUT2D eigenvalue weighted by Crippen LogP contribution is 2.23. The average Bonchev–Trinajstić information content (AvgIpc) is 2.40. The zero-order valence-electron chi connectivity index (χ0n) is 12.0. The molecule has 0 aromatic heterocycles. The van der Waals surface area contributed by atoms with Crippen LogP contribution in [0.1, 0.15) is 51.5 Å². The molecule has 0 heterocycles. The summed E-state index contributed by atoms with van der Waals surface area (Å²) in [4.78, 5) is 0. The molecule has 1 atom stereocenters. The molecule has 1 aromatic rings. The van der Waals surface area contributed by atoms with Crippen LogP contribution in [0.3, 0.4) is 0 Å². The number of hydrogen-bond acceptors (Lipinski definition) is 1. The molecule has 1 nitrogen and oxygen atoms in total. The van der Waals surface area contributed by atoms with Crippen molar-refractivity contribution in [3.63, 3.8) is 0 Å². The molecule has 19 heavy (non-hydrogen) atoms. The normalized spacial score (nSPS) is 12.6. The number of nitrogens with one attached hydrogen (secondary N) is 1. The highest BCUT2D eigenvalue weighted by Gasteiger charge is 2.06. The van der Waals surface area contributed by atoms with Crippen LogP contribution in [0, 0.1) is 0 Å². The van der Waals surface area contributed by atoms with E-state index in [-0.39, 0.29) is 0 Å². The van der Waals surface area contributed by atoms with Crippen molar-refractivity contribution in [2.75, 3.05) is 6.54 Å². The molecule has 1 N–H and O–H groups in total. The molecule has 0 fully saturated rings. The summed E-state index contributed by atoms with van der Waals surface area (Å²) in [7, 11) is 0. The molecule has 0 radical (unpaired) electrons. The van der Waals surface area contributed by atoms with Crippen molar-refractivity contribution >= 4 is 23.2 Å². The second kappa shape index (κ2) is 9.63. The van der Waals surface area contributed by atoms with Crippen LogP contribution in [0.5, 0.6) is 0 Å². The summed E-state index contributed by atoms with van der Waals surface area (Å²) in [6.45, 7) is 5.59. The van der Waals surface area contributed by atoms with E-state index in [0.717, 1.165) is 13.0 Å². The first-order valence-corrected chi connectivity index (χ1v) is 8.10. The van der Waals surface area contributed by atoms with E-state index >= 15 is 0 Å². The highest BCUT2D eigenvalue weighted by molar-refractivity contribution is 6.42. The van der Waals surface area contributed by atoms with Crippen LogP contribution < -0.4 is 5.32 Å². The molecule has 0 saturated carbocycles. The fourth-order valence-corrected chi connectivity index (χ4v) is 2.61. The number of rotatable bonds is 9. The average molecular weight is 302 g/mol. The molecule has 0 amide bonds. The number of hydrogen-bond donors (Lipinski definition) is 1. The van der Waals surface area contributed by atoms with Crippen molar-refractivity contribution in [1.82, 2.24) is 5.32 Å². The van der Waals surface area contributed by atoms with Gasteiger partial charge < -0.3 is 5.32 Å². The first-order chi connectivity index (χ1) is 9.17. The molecule has 0 aliphatic rings. The maximum atomic E-state index is 6.03. The van der Waals surface area contributed by atoms with Crippen molar-refractivity contribution < 1.29 is 0 Å². The minimum Gasteiger partial charge on any atom is -0.314 e. The second-order valence-corrected chi connectivity index (χ2v) is 5.89. The van der Waals surface area contributed by atoms with Crippen LogP contribution in [0.4, 0.5) is 0 Å². The lowest BCUT2D eigenvalue weighted by molar-refractivity contribution is 0.438. The van der Waals surface area contributed by atoms with Gasteiger partial charge in [-0.1, -0.05) is 49.5 Å². The molecular weight excluding hydrogens is 277 g/mol. The molecule has 3 heteroatoms. The van der Waals surface area contributed by atoms with E-state index in [4.69, 9.17) is 23.2 Å². The molecule has 0 spiro atoms. The molecule has 0 saturated heterocycles. The third-order valence-corrected chi connectivity index (χ3v) is 4.06. The summed E-state index contributed by atoms with van der Waals surface area (Å²) in [5, 5.41) is 4.93. The lowest BCUT2D eigenvalue weighted by Gasteiger charge is -2.17. The summed E-state index contributed by atoms with van der Waals surface area (Å²) in [6.07, 6.45) is 7.21. The van der Waals surface area contributed by atoms with Gasteiger partial charge in [0.25, 0.3) is 0 Å². The zero-order chi connectivity index (χ0) is 14.1. The lowest BCUT2D eigenvalue weighted by atomic mass is 10.0. The Morgan fingerprint density at radius 3 is 2.47 bits per heavy atom. The fraction of sp³-hybridized carbons (Fsp3) is 0.625. The second-order valence-electron chi connectivity index (χ2n) is 5.08. The van der Waals surface area contributed by atoms with Crippen molar-refractivity contribution in [3.8, 4) is 0 Å². The molecule has 108 valence electrons. The molecule has 1 rings (SSSR count).